The van der Waals surface area contributed by atoms with Gasteiger partial charge in [0.1, 0.15) is 11.6 Å². The van der Waals surface area contributed by atoms with Gasteiger partial charge in [-0.1, -0.05) is 0 Å². The largest absolute Gasteiger partial charge is 0.497 e. The van der Waals surface area contributed by atoms with E-state index in [4.69, 9.17) is 4.74 Å². The summed E-state index contributed by atoms with van der Waals surface area (Å²) in [5.74, 6) is 2.62. The summed E-state index contributed by atoms with van der Waals surface area (Å²) in [5.41, 5.74) is 3.22. The van der Waals surface area contributed by atoms with Gasteiger partial charge in [0, 0.05) is 46.8 Å². The lowest BCUT2D eigenvalue weighted by molar-refractivity contribution is -0.115. The van der Waals surface area contributed by atoms with Crippen molar-refractivity contribution in [1.82, 2.24) is 9.55 Å². The Balaban J connectivity index is 1.29. The minimum atomic E-state index is 0.0250. The van der Waals surface area contributed by atoms with Gasteiger partial charge in [-0.25, -0.2) is 4.98 Å². The Hall–Kier alpha value is -2.73. The molecule has 1 aromatic heterocycles. The average molecular weight is 408 g/mol. The molecular formula is C23H25N3O2S. The molecule has 0 aliphatic carbocycles. The molecule has 0 radical (unpaired) electrons. The summed E-state index contributed by atoms with van der Waals surface area (Å²) in [6.07, 6.45) is 6.01. The van der Waals surface area contributed by atoms with E-state index in [0.29, 0.717) is 6.42 Å². The Morgan fingerprint density at radius 1 is 1.14 bits per heavy atom. The van der Waals surface area contributed by atoms with Gasteiger partial charge in [0.2, 0.25) is 5.91 Å². The highest BCUT2D eigenvalue weighted by Gasteiger charge is 2.15. The van der Waals surface area contributed by atoms with Crippen LogP contribution in [0.2, 0.25) is 0 Å². The summed E-state index contributed by atoms with van der Waals surface area (Å²) in [7, 11) is 1.65. The van der Waals surface area contributed by atoms with Crippen molar-refractivity contribution in [2.24, 2.45) is 0 Å². The molecule has 1 aliphatic heterocycles. The molecule has 0 atom stereocenters. The van der Waals surface area contributed by atoms with Gasteiger partial charge < -0.3 is 14.6 Å². The predicted molar refractivity (Wildman–Crippen MR) is 118 cm³/mol. The van der Waals surface area contributed by atoms with E-state index in [2.05, 4.69) is 14.9 Å². The fourth-order valence-electron chi connectivity index (χ4n) is 3.53. The summed E-state index contributed by atoms with van der Waals surface area (Å²) in [4.78, 5) is 18.0. The molecular weight excluding hydrogens is 382 g/mol. The van der Waals surface area contributed by atoms with Crippen molar-refractivity contribution in [3.63, 3.8) is 0 Å². The first-order valence-electron chi connectivity index (χ1n) is 9.94. The number of thioether (sulfide) groups is 1. The van der Waals surface area contributed by atoms with Gasteiger partial charge in [0.05, 0.1) is 7.11 Å². The molecule has 4 rings (SSSR count). The maximum Gasteiger partial charge on any atom is 0.225 e. The SMILES string of the molecule is COc1ccc(SCCC(=O)Nc2ccc(-c3ncc4n3CCCC4)cc2)cc1. The number of aryl methyl sites for hydroxylation is 1. The molecule has 1 N–H and O–H groups in total. The first-order chi connectivity index (χ1) is 14.2. The Morgan fingerprint density at radius 3 is 2.69 bits per heavy atom. The number of nitrogens with zero attached hydrogens (tertiary/aromatic N) is 2. The number of rotatable bonds is 7. The monoisotopic (exact) mass is 407 g/mol. The number of nitrogens with one attached hydrogen (secondary N) is 1. The molecule has 0 saturated carbocycles. The van der Waals surface area contributed by atoms with Crippen molar-refractivity contribution in [3.8, 4) is 17.1 Å². The van der Waals surface area contributed by atoms with Crippen LogP contribution < -0.4 is 10.1 Å². The number of hydrogen-bond donors (Lipinski definition) is 1. The zero-order valence-corrected chi connectivity index (χ0v) is 17.4. The van der Waals surface area contributed by atoms with Crippen LogP contribution in [0.5, 0.6) is 5.75 Å². The molecule has 29 heavy (non-hydrogen) atoms. The number of ether oxygens (including phenoxy) is 1. The van der Waals surface area contributed by atoms with Gasteiger partial charge in [-0.2, -0.15) is 0 Å². The molecule has 0 saturated heterocycles. The van der Waals surface area contributed by atoms with Crippen molar-refractivity contribution >= 4 is 23.4 Å². The van der Waals surface area contributed by atoms with Crippen molar-refractivity contribution in [2.75, 3.05) is 18.2 Å². The summed E-state index contributed by atoms with van der Waals surface area (Å²) < 4.78 is 7.47. The van der Waals surface area contributed by atoms with Gasteiger partial charge in [-0.05, 0) is 67.8 Å². The Morgan fingerprint density at radius 2 is 1.93 bits per heavy atom. The third-order valence-corrected chi connectivity index (χ3v) is 6.10. The second-order valence-corrected chi connectivity index (χ2v) is 8.25. The van der Waals surface area contributed by atoms with Crippen LogP contribution >= 0.6 is 11.8 Å². The predicted octanol–water partition coefficient (Wildman–Crippen LogP) is 5.02. The third kappa shape index (κ3) is 4.82. The molecule has 0 fully saturated rings. The van der Waals surface area contributed by atoms with Crippen LogP contribution in [-0.2, 0) is 17.8 Å². The van der Waals surface area contributed by atoms with E-state index in [9.17, 15) is 4.79 Å². The van der Waals surface area contributed by atoms with Gasteiger partial charge in [0.25, 0.3) is 0 Å². The van der Waals surface area contributed by atoms with Crippen molar-refractivity contribution < 1.29 is 9.53 Å². The van der Waals surface area contributed by atoms with Gasteiger partial charge in [0.15, 0.2) is 0 Å². The van der Waals surface area contributed by atoms with Crippen LogP contribution in [0.1, 0.15) is 25.0 Å². The van der Waals surface area contributed by atoms with E-state index in [1.54, 1.807) is 18.9 Å². The molecule has 0 unspecified atom stereocenters. The lowest BCUT2D eigenvalue weighted by Crippen LogP contribution is -2.12. The molecule has 1 amide bonds. The number of aromatic nitrogens is 2. The number of carbonyl (C=O) groups is 1. The average Bonchev–Trinajstić information content (AvgIpc) is 3.19. The fraction of sp³-hybridized carbons (Fsp3) is 0.304. The van der Waals surface area contributed by atoms with Gasteiger partial charge in [-0.15, -0.1) is 11.8 Å². The lowest BCUT2D eigenvalue weighted by Gasteiger charge is -2.16. The molecule has 2 heterocycles. The van der Waals surface area contributed by atoms with Gasteiger partial charge >= 0.3 is 0 Å². The minimum absolute atomic E-state index is 0.0250. The van der Waals surface area contributed by atoms with Crippen molar-refractivity contribution in [3.05, 3.63) is 60.4 Å². The van der Waals surface area contributed by atoms with Crippen LogP contribution in [0.4, 0.5) is 5.69 Å². The van der Waals surface area contributed by atoms with Gasteiger partial charge in [-0.3, -0.25) is 4.79 Å². The normalized spacial score (nSPS) is 13.0. The Kier molecular flexibility index (Phi) is 6.20. The number of anilines is 1. The lowest BCUT2D eigenvalue weighted by atomic mass is 10.1. The quantitative estimate of drug-likeness (QED) is 0.559. The standard InChI is InChI=1S/C23H25N3O2S/c1-28-20-9-11-21(12-10-20)29-15-13-22(27)25-18-7-5-17(6-8-18)23-24-16-19-4-2-3-14-26(19)23/h5-12,16H,2-4,13-15H2,1H3,(H,25,27). The molecule has 150 valence electrons. The first-order valence-corrected chi connectivity index (χ1v) is 10.9. The van der Waals surface area contributed by atoms with Crippen molar-refractivity contribution in [1.29, 1.82) is 0 Å². The maximum absolute atomic E-state index is 12.2. The number of benzene rings is 2. The minimum Gasteiger partial charge on any atom is -0.497 e. The molecule has 6 heteroatoms. The molecule has 0 bridgehead atoms. The fourth-order valence-corrected chi connectivity index (χ4v) is 4.38. The highest BCUT2D eigenvalue weighted by atomic mass is 32.2. The maximum atomic E-state index is 12.2. The second kappa shape index (κ2) is 9.18. The van der Waals surface area contributed by atoms with E-state index in [-0.39, 0.29) is 5.91 Å². The van der Waals surface area contributed by atoms with E-state index >= 15 is 0 Å². The molecule has 0 spiro atoms. The van der Waals surface area contributed by atoms with Crippen LogP contribution in [-0.4, -0.2) is 28.3 Å². The summed E-state index contributed by atoms with van der Waals surface area (Å²) in [6, 6.07) is 15.9. The van der Waals surface area contributed by atoms with Crippen LogP contribution in [0.25, 0.3) is 11.4 Å². The topological polar surface area (TPSA) is 56.1 Å². The van der Waals surface area contributed by atoms with E-state index in [0.717, 1.165) is 46.4 Å². The zero-order chi connectivity index (χ0) is 20.1. The second-order valence-electron chi connectivity index (χ2n) is 7.08. The highest BCUT2D eigenvalue weighted by molar-refractivity contribution is 7.99. The number of carbonyl (C=O) groups excluding carboxylic acids is 1. The smallest absolute Gasteiger partial charge is 0.225 e. The number of methoxy groups -OCH3 is 1. The van der Waals surface area contributed by atoms with E-state index in [1.165, 1.54) is 18.5 Å². The summed E-state index contributed by atoms with van der Waals surface area (Å²) >= 11 is 1.66. The number of fused-ring (bicyclic) bond motifs is 1. The van der Waals surface area contributed by atoms with Crippen LogP contribution in [0.15, 0.2) is 59.6 Å². The highest BCUT2D eigenvalue weighted by Crippen LogP contribution is 2.26. The molecule has 2 aromatic carbocycles. The zero-order valence-electron chi connectivity index (χ0n) is 16.6. The van der Waals surface area contributed by atoms with E-state index < -0.39 is 0 Å². The summed E-state index contributed by atoms with van der Waals surface area (Å²) in [6.45, 7) is 1.04. The summed E-state index contributed by atoms with van der Waals surface area (Å²) in [5, 5.41) is 2.98. The number of imidazole rings is 1. The first kappa shape index (κ1) is 19.6. The van der Waals surface area contributed by atoms with Crippen molar-refractivity contribution in [2.45, 2.75) is 37.1 Å². The Bertz CT molecular complexity index is 965. The number of amides is 1. The van der Waals surface area contributed by atoms with Crippen LogP contribution in [0.3, 0.4) is 0 Å². The molecule has 5 nitrogen and oxygen atoms in total. The number of hydrogen-bond acceptors (Lipinski definition) is 4. The molecule has 1 aliphatic rings. The molecule has 3 aromatic rings. The van der Waals surface area contributed by atoms with E-state index in [1.807, 2.05) is 54.7 Å². The Labute approximate surface area is 175 Å². The third-order valence-electron chi connectivity index (χ3n) is 5.09. The van der Waals surface area contributed by atoms with Crippen LogP contribution in [0, 0.1) is 0 Å².